The smallest absolute Gasteiger partial charge is 0.333 e. The van der Waals surface area contributed by atoms with Crippen molar-refractivity contribution in [2.45, 2.75) is 115 Å². The Hall–Kier alpha value is -2.95. The summed E-state index contributed by atoms with van der Waals surface area (Å²) in [6.07, 6.45) is 14.6. The Labute approximate surface area is 248 Å². The van der Waals surface area contributed by atoms with Crippen LogP contribution in [0.2, 0.25) is 0 Å². The molecule has 0 saturated heterocycles. The Kier molecular flexibility index (Phi) is 11.2. The summed E-state index contributed by atoms with van der Waals surface area (Å²) in [5, 5.41) is 17.5. The van der Waals surface area contributed by atoms with Gasteiger partial charge in [0.15, 0.2) is 5.54 Å². The lowest BCUT2D eigenvalue weighted by molar-refractivity contribution is -0.143. The third kappa shape index (κ3) is 8.53. The van der Waals surface area contributed by atoms with Gasteiger partial charge in [0, 0.05) is 18.6 Å². The third-order valence-electron chi connectivity index (χ3n) is 8.79. The maximum absolute atomic E-state index is 12.6. The van der Waals surface area contributed by atoms with Crippen LogP contribution in [0.3, 0.4) is 0 Å². The fourth-order valence-corrected chi connectivity index (χ4v) is 6.30. The van der Waals surface area contributed by atoms with Crippen LogP contribution in [-0.4, -0.2) is 23.2 Å². The molecule has 0 radical (unpaired) electrons. The topological polar surface area (TPSA) is 61.4 Å². The fourth-order valence-electron chi connectivity index (χ4n) is 6.30. The van der Waals surface area contributed by atoms with E-state index in [2.05, 4.69) is 55.7 Å². The van der Waals surface area contributed by atoms with Crippen molar-refractivity contribution >= 4 is 5.97 Å². The summed E-state index contributed by atoms with van der Waals surface area (Å²) in [6, 6.07) is 28.8. The maximum atomic E-state index is 12.6. The van der Waals surface area contributed by atoms with Crippen LogP contribution in [0.4, 0.5) is 0 Å². The lowest BCUT2D eigenvalue weighted by Crippen LogP contribution is -2.49. The highest BCUT2D eigenvalue weighted by Crippen LogP contribution is 2.31. The van der Waals surface area contributed by atoms with Crippen molar-refractivity contribution in [1.82, 2.24) is 10.6 Å². The van der Waals surface area contributed by atoms with E-state index in [1.54, 1.807) is 0 Å². The van der Waals surface area contributed by atoms with Gasteiger partial charge in [0.05, 0.1) is 0 Å². The molecule has 220 valence electrons. The van der Waals surface area contributed by atoms with E-state index in [9.17, 15) is 9.90 Å². The quantitative estimate of drug-likeness (QED) is 0.262. The molecule has 0 spiro atoms. The first-order valence-corrected chi connectivity index (χ1v) is 15.7. The molecule has 0 heterocycles. The highest BCUT2D eigenvalue weighted by molar-refractivity contribution is 5.85. The van der Waals surface area contributed by atoms with E-state index in [1.165, 1.54) is 69.8 Å². The molecule has 0 amide bonds. The molecule has 4 nitrogen and oxygen atoms in total. The minimum Gasteiger partial charge on any atom is -0.479 e. The van der Waals surface area contributed by atoms with Gasteiger partial charge < -0.3 is 10.4 Å². The predicted octanol–water partition coefficient (Wildman–Crippen LogP) is 8.34. The van der Waals surface area contributed by atoms with E-state index in [1.807, 2.05) is 60.7 Å². The largest absolute Gasteiger partial charge is 0.479 e. The van der Waals surface area contributed by atoms with Crippen LogP contribution in [0.25, 0.3) is 0 Å². The van der Waals surface area contributed by atoms with Gasteiger partial charge in [0.1, 0.15) is 0 Å². The van der Waals surface area contributed by atoms with Crippen molar-refractivity contribution in [1.29, 1.82) is 0 Å². The van der Waals surface area contributed by atoms with Crippen LogP contribution in [-0.2, 0) is 22.3 Å². The van der Waals surface area contributed by atoms with Crippen molar-refractivity contribution in [3.8, 4) is 0 Å². The molecule has 2 aliphatic rings. The third-order valence-corrected chi connectivity index (χ3v) is 8.79. The molecule has 0 unspecified atom stereocenters. The summed E-state index contributed by atoms with van der Waals surface area (Å²) in [4.78, 5) is 12.6. The van der Waals surface area contributed by atoms with Crippen LogP contribution in [0.5, 0.6) is 0 Å². The number of benzene rings is 3. The Morgan fingerprint density at radius 3 is 1.49 bits per heavy atom. The highest BCUT2D eigenvalue weighted by Gasteiger charge is 2.41. The van der Waals surface area contributed by atoms with Gasteiger partial charge in [-0.2, -0.15) is 0 Å². The SMILES string of the molecule is C1CCC(NC2CCCCC2)CC1.CC(C)(C)c1ccc(CNC(C(=O)O)(c2ccccc2)c2ccccc2)cc1. The van der Waals surface area contributed by atoms with Gasteiger partial charge in [0.25, 0.3) is 0 Å². The van der Waals surface area contributed by atoms with Crippen molar-refractivity contribution in [3.05, 3.63) is 107 Å². The van der Waals surface area contributed by atoms with Crippen LogP contribution >= 0.6 is 0 Å². The number of rotatable bonds is 8. The second kappa shape index (κ2) is 14.8. The molecule has 3 aromatic carbocycles. The van der Waals surface area contributed by atoms with Crippen LogP contribution in [0, 0.1) is 0 Å². The summed E-state index contributed by atoms with van der Waals surface area (Å²) in [5.41, 5.74) is 2.49. The monoisotopic (exact) mass is 554 g/mol. The fraction of sp³-hybridized carbons (Fsp3) is 0.486. The summed E-state index contributed by atoms with van der Waals surface area (Å²) >= 11 is 0. The number of hydrogen-bond acceptors (Lipinski definition) is 3. The predicted molar refractivity (Wildman–Crippen MR) is 170 cm³/mol. The van der Waals surface area contributed by atoms with Gasteiger partial charge in [-0.15, -0.1) is 0 Å². The molecule has 0 aliphatic heterocycles. The second-order valence-electron chi connectivity index (χ2n) is 12.9. The number of carboxylic acid groups (broad SMARTS) is 1. The zero-order chi connectivity index (χ0) is 29.1. The van der Waals surface area contributed by atoms with E-state index in [4.69, 9.17) is 0 Å². The first-order valence-electron chi connectivity index (χ1n) is 15.7. The van der Waals surface area contributed by atoms with Gasteiger partial charge in [-0.1, -0.05) is 144 Å². The van der Waals surface area contributed by atoms with E-state index in [0.29, 0.717) is 17.7 Å². The Balaban J connectivity index is 0.000000247. The molecule has 0 atom stereocenters. The number of carbonyl (C=O) groups is 1. The van der Waals surface area contributed by atoms with Crippen LogP contribution in [0.15, 0.2) is 84.9 Å². The molecular weight excluding hydrogens is 504 g/mol. The molecule has 3 N–H and O–H groups in total. The minimum atomic E-state index is -1.31. The summed E-state index contributed by atoms with van der Waals surface area (Å²) < 4.78 is 0. The standard InChI is InChI=1S/C25H27NO2.C12H23N/c1-24(2,3)20-16-14-19(15-17-20)18-26-25(23(27)28,21-10-6-4-7-11-21)22-12-8-5-9-13-22;1-3-7-11(8-4-1)13-12-9-5-2-6-10-12/h4-17,26H,18H2,1-3H3,(H,27,28);11-13H,1-10H2. The van der Waals surface area contributed by atoms with Crippen molar-refractivity contribution in [2.24, 2.45) is 0 Å². The number of hydrogen-bond donors (Lipinski definition) is 3. The lowest BCUT2D eigenvalue weighted by Gasteiger charge is -2.32. The molecule has 2 saturated carbocycles. The van der Waals surface area contributed by atoms with Gasteiger partial charge in [-0.3, -0.25) is 5.32 Å². The summed E-state index contributed by atoms with van der Waals surface area (Å²) in [7, 11) is 0. The molecular formula is C37H50N2O2. The summed E-state index contributed by atoms with van der Waals surface area (Å²) in [5.74, 6) is -0.920. The zero-order valence-electron chi connectivity index (χ0n) is 25.4. The Morgan fingerprint density at radius 2 is 1.10 bits per heavy atom. The summed E-state index contributed by atoms with van der Waals surface area (Å²) in [6.45, 7) is 6.99. The van der Waals surface area contributed by atoms with Crippen molar-refractivity contribution in [3.63, 3.8) is 0 Å². The normalized spacial score (nSPS) is 17.0. The van der Waals surface area contributed by atoms with E-state index < -0.39 is 11.5 Å². The number of carboxylic acids is 1. The van der Waals surface area contributed by atoms with Crippen molar-refractivity contribution < 1.29 is 9.90 Å². The van der Waals surface area contributed by atoms with Crippen molar-refractivity contribution in [2.75, 3.05) is 0 Å². The number of aliphatic carboxylic acids is 1. The van der Waals surface area contributed by atoms with Gasteiger partial charge >= 0.3 is 5.97 Å². The molecule has 2 aliphatic carbocycles. The first-order chi connectivity index (χ1) is 19.8. The van der Waals surface area contributed by atoms with Crippen LogP contribution in [0.1, 0.15) is 107 Å². The molecule has 0 aromatic heterocycles. The average Bonchev–Trinajstić information content (AvgIpc) is 3.00. The number of nitrogens with one attached hydrogen (secondary N) is 2. The second-order valence-corrected chi connectivity index (χ2v) is 12.9. The zero-order valence-corrected chi connectivity index (χ0v) is 25.4. The van der Waals surface area contributed by atoms with E-state index in [-0.39, 0.29) is 5.41 Å². The lowest BCUT2D eigenvalue weighted by atomic mass is 9.82. The molecule has 0 bridgehead atoms. The molecule has 41 heavy (non-hydrogen) atoms. The van der Waals surface area contributed by atoms with Crippen LogP contribution < -0.4 is 10.6 Å². The van der Waals surface area contributed by atoms with Gasteiger partial charge in [-0.05, 0) is 53.4 Å². The van der Waals surface area contributed by atoms with Gasteiger partial charge in [-0.25, -0.2) is 4.79 Å². The van der Waals surface area contributed by atoms with E-state index in [0.717, 1.165) is 17.6 Å². The maximum Gasteiger partial charge on any atom is 0.333 e. The Bertz CT molecular complexity index is 1120. The molecule has 5 rings (SSSR count). The molecule has 3 aromatic rings. The average molecular weight is 555 g/mol. The highest BCUT2D eigenvalue weighted by atomic mass is 16.4. The first kappa shape index (κ1) is 31.0. The minimum absolute atomic E-state index is 0.0882. The van der Waals surface area contributed by atoms with E-state index >= 15 is 0 Å². The molecule has 4 heteroatoms. The Morgan fingerprint density at radius 1 is 0.659 bits per heavy atom. The molecule has 2 fully saturated rings. The van der Waals surface area contributed by atoms with Gasteiger partial charge in [0.2, 0.25) is 0 Å².